The molecule has 1 fully saturated rings. The lowest BCUT2D eigenvalue weighted by Crippen LogP contribution is -2.49. The number of benzene rings is 2. The van der Waals surface area contributed by atoms with Crippen molar-refractivity contribution in [3.05, 3.63) is 59.7 Å². The number of carbonyl (C=O) groups is 2. The first-order chi connectivity index (χ1) is 13.9. The van der Waals surface area contributed by atoms with E-state index in [4.69, 9.17) is 4.74 Å². The summed E-state index contributed by atoms with van der Waals surface area (Å²) in [5, 5.41) is 5.98. The van der Waals surface area contributed by atoms with Crippen molar-refractivity contribution in [1.29, 1.82) is 0 Å². The summed E-state index contributed by atoms with van der Waals surface area (Å²) in [5.74, 6) is 0.829. The Morgan fingerprint density at radius 2 is 1.79 bits per heavy atom. The predicted octanol–water partition coefficient (Wildman–Crippen LogP) is 3.95. The Bertz CT molecular complexity index is 856. The molecule has 3 rings (SSSR count). The standard InChI is InChI=1S/C23H29N3O3/c1-17-5-4-6-19(15-17)25-22(28)26-13-11-23(2,12-14-26)21(27)24-16-18-7-9-20(29-3)10-8-18/h4-10,15H,11-14,16H2,1-3H3,(H,24,27)(H,25,28). The van der Waals surface area contributed by atoms with Gasteiger partial charge in [-0.1, -0.05) is 31.2 Å². The number of hydrogen-bond acceptors (Lipinski definition) is 3. The van der Waals surface area contributed by atoms with Crippen molar-refractivity contribution in [3.8, 4) is 5.75 Å². The van der Waals surface area contributed by atoms with Crippen LogP contribution in [0.1, 0.15) is 30.9 Å². The van der Waals surface area contributed by atoms with Crippen LogP contribution in [0, 0.1) is 12.3 Å². The maximum absolute atomic E-state index is 12.8. The zero-order valence-corrected chi connectivity index (χ0v) is 17.3. The van der Waals surface area contributed by atoms with Gasteiger partial charge in [0, 0.05) is 30.7 Å². The van der Waals surface area contributed by atoms with E-state index in [-0.39, 0.29) is 11.9 Å². The van der Waals surface area contributed by atoms with E-state index in [2.05, 4.69) is 10.6 Å². The number of nitrogens with zero attached hydrogens (tertiary/aromatic N) is 1. The fraction of sp³-hybridized carbons (Fsp3) is 0.391. The number of amides is 3. The van der Waals surface area contributed by atoms with Crippen LogP contribution in [0.2, 0.25) is 0 Å². The molecular formula is C23H29N3O3. The quantitative estimate of drug-likeness (QED) is 0.805. The molecule has 1 aliphatic heterocycles. The Morgan fingerprint density at radius 1 is 1.10 bits per heavy atom. The minimum absolute atomic E-state index is 0.0343. The summed E-state index contributed by atoms with van der Waals surface area (Å²) in [5.41, 5.74) is 2.45. The Balaban J connectivity index is 1.49. The minimum Gasteiger partial charge on any atom is -0.497 e. The molecule has 1 heterocycles. The number of ether oxygens (including phenoxy) is 1. The lowest BCUT2D eigenvalue weighted by molar-refractivity contribution is -0.132. The van der Waals surface area contributed by atoms with Gasteiger partial charge in [0.05, 0.1) is 7.11 Å². The molecule has 0 atom stereocenters. The van der Waals surface area contributed by atoms with Gasteiger partial charge in [-0.3, -0.25) is 4.79 Å². The average Bonchev–Trinajstić information content (AvgIpc) is 2.72. The number of piperidine rings is 1. The fourth-order valence-electron chi connectivity index (χ4n) is 3.49. The molecule has 0 aliphatic carbocycles. The van der Waals surface area contributed by atoms with Crippen LogP contribution in [-0.4, -0.2) is 37.0 Å². The minimum atomic E-state index is -0.466. The molecule has 0 radical (unpaired) electrons. The summed E-state index contributed by atoms with van der Waals surface area (Å²) in [6.45, 7) is 5.57. The highest BCUT2D eigenvalue weighted by Gasteiger charge is 2.37. The van der Waals surface area contributed by atoms with Gasteiger partial charge in [0.1, 0.15) is 5.75 Å². The van der Waals surface area contributed by atoms with E-state index in [1.807, 2.05) is 62.4 Å². The predicted molar refractivity (Wildman–Crippen MR) is 114 cm³/mol. The molecule has 0 unspecified atom stereocenters. The molecule has 1 saturated heterocycles. The topological polar surface area (TPSA) is 70.7 Å². The first-order valence-electron chi connectivity index (χ1n) is 9.93. The molecule has 2 aromatic rings. The maximum atomic E-state index is 12.8. The van der Waals surface area contributed by atoms with Crippen molar-refractivity contribution >= 4 is 17.6 Å². The number of methoxy groups -OCH3 is 1. The van der Waals surface area contributed by atoms with Gasteiger partial charge in [0.2, 0.25) is 5.91 Å². The van der Waals surface area contributed by atoms with Crippen molar-refractivity contribution in [2.45, 2.75) is 33.2 Å². The normalized spacial score (nSPS) is 15.5. The highest BCUT2D eigenvalue weighted by molar-refractivity contribution is 5.90. The summed E-state index contributed by atoms with van der Waals surface area (Å²) in [6, 6.07) is 15.3. The van der Waals surface area contributed by atoms with Gasteiger partial charge in [-0.25, -0.2) is 4.79 Å². The zero-order chi connectivity index (χ0) is 20.9. The van der Waals surface area contributed by atoms with Crippen molar-refractivity contribution in [2.75, 3.05) is 25.5 Å². The second kappa shape index (κ2) is 8.99. The summed E-state index contributed by atoms with van der Waals surface area (Å²) in [7, 11) is 1.63. The van der Waals surface area contributed by atoms with Crippen LogP contribution in [0.3, 0.4) is 0 Å². The molecule has 3 amide bonds. The van der Waals surface area contributed by atoms with E-state index in [0.717, 1.165) is 22.6 Å². The summed E-state index contributed by atoms with van der Waals surface area (Å²) < 4.78 is 5.15. The smallest absolute Gasteiger partial charge is 0.321 e. The molecule has 2 aromatic carbocycles. The summed E-state index contributed by atoms with van der Waals surface area (Å²) in [6.07, 6.45) is 1.28. The van der Waals surface area contributed by atoms with Crippen molar-refractivity contribution in [1.82, 2.24) is 10.2 Å². The van der Waals surface area contributed by atoms with Crippen LogP contribution < -0.4 is 15.4 Å². The van der Waals surface area contributed by atoms with Crippen molar-refractivity contribution in [2.24, 2.45) is 5.41 Å². The van der Waals surface area contributed by atoms with Gasteiger partial charge in [0.25, 0.3) is 0 Å². The first kappa shape index (κ1) is 20.7. The second-order valence-corrected chi connectivity index (χ2v) is 7.88. The lowest BCUT2D eigenvalue weighted by Gasteiger charge is -2.38. The molecule has 6 nitrogen and oxygen atoms in total. The largest absolute Gasteiger partial charge is 0.497 e. The molecule has 0 aromatic heterocycles. The van der Waals surface area contributed by atoms with E-state index in [9.17, 15) is 9.59 Å². The lowest BCUT2D eigenvalue weighted by atomic mass is 9.79. The third-order valence-corrected chi connectivity index (χ3v) is 5.58. The number of hydrogen-bond donors (Lipinski definition) is 2. The summed E-state index contributed by atoms with van der Waals surface area (Å²) >= 11 is 0. The molecule has 154 valence electrons. The van der Waals surface area contributed by atoms with Gasteiger partial charge in [-0.2, -0.15) is 0 Å². The number of nitrogens with one attached hydrogen (secondary N) is 2. The van der Waals surface area contributed by atoms with Crippen LogP contribution in [0.25, 0.3) is 0 Å². The molecular weight excluding hydrogens is 366 g/mol. The number of anilines is 1. The Labute approximate surface area is 172 Å². The van der Waals surface area contributed by atoms with E-state index in [1.165, 1.54) is 0 Å². The van der Waals surface area contributed by atoms with Crippen LogP contribution in [0.5, 0.6) is 5.75 Å². The van der Waals surface area contributed by atoms with E-state index in [1.54, 1.807) is 12.0 Å². The second-order valence-electron chi connectivity index (χ2n) is 7.88. The van der Waals surface area contributed by atoms with E-state index >= 15 is 0 Å². The molecule has 0 bridgehead atoms. The van der Waals surface area contributed by atoms with Gasteiger partial charge in [0.15, 0.2) is 0 Å². The SMILES string of the molecule is COc1ccc(CNC(=O)C2(C)CCN(C(=O)Nc3cccc(C)c3)CC2)cc1. The van der Waals surface area contributed by atoms with E-state index < -0.39 is 5.41 Å². The average molecular weight is 396 g/mol. The van der Waals surface area contributed by atoms with Crippen molar-refractivity contribution < 1.29 is 14.3 Å². The van der Waals surface area contributed by atoms with Gasteiger partial charge < -0.3 is 20.3 Å². The van der Waals surface area contributed by atoms with Crippen molar-refractivity contribution in [3.63, 3.8) is 0 Å². The van der Waals surface area contributed by atoms with Crippen LogP contribution in [0.15, 0.2) is 48.5 Å². The summed E-state index contributed by atoms with van der Waals surface area (Å²) in [4.78, 5) is 27.1. The van der Waals surface area contributed by atoms with Crippen LogP contribution in [0.4, 0.5) is 10.5 Å². The zero-order valence-electron chi connectivity index (χ0n) is 17.3. The number of rotatable bonds is 5. The Hall–Kier alpha value is -3.02. The van der Waals surface area contributed by atoms with Gasteiger partial charge >= 0.3 is 6.03 Å². The third kappa shape index (κ3) is 5.28. The monoisotopic (exact) mass is 395 g/mol. The molecule has 29 heavy (non-hydrogen) atoms. The first-order valence-corrected chi connectivity index (χ1v) is 9.93. The Morgan fingerprint density at radius 3 is 2.41 bits per heavy atom. The number of aryl methyl sites for hydroxylation is 1. The highest BCUT2D eigenvalue weighted by atomic mass is 16.5. The highest BCUT2D eigenvalue weighted by Crippen LogP contribution is 2.31. The van der Waals surface area contributed by atoms with Crippen LogP contribution in [-0.2, 0) is 11.3 Å². The van der Waals surface area contributed by atoms with Crippen LogP contribution >= 0.6 is 0 Å². The number of likely N-dealkylation sites (tertiary alicyclic amines) is 1. The maximum Gasteiger partial charge on any atom is 0.321 e. The van der Waals surface area contributed by atoms with Gasteiger partial charge in [-0.05, 0) is 55.2 Å². The fourth-order valence-corrected chi connectivity index (χ4v) is 3.49. The molecule has 6 heteroatoms. The molecule has 0 spiro atoms. The number of carbonyl (C=O) groups excluding carboxylic acids is 2. The Kier molecular flexibility index (Phi) is 6.42. The molecule has 1 aliphatic rings. The molecule has 0 saturated carbocycles. The molecule has 2 N–H and O–H groups in total. The van der Waals surface area contributed by atoms with E-state index in [0.29, 0.717) is 32.5 Å². The van der Waals surface area contributed by atoms with Gasteiger partial charge in [-0.15, -0.1) is 0 Å². The third-order valence-electron chi connectivity index (χ3n) is 5.58. The number of urea groups is 1.